The van der Waals surface area contributed by atoms with Gasteiger partial charge in [0.15, 0.2) is 0 Å². The minimum absolute atomic E-state index is 0.626. The van der Waals surface area contributed by atoms with E-state index in [0.29, 0.717) is 16.7 Å². The number of ether oxygens (including phenoxy) is 1. The summed E-state index contributed by atoms with van der Waals surface area (Å²) in [6.07, 6.45) is 6.09. The summed E-state index contributed by atoms with van der Waals surface area (Å²) in [7, 11) is 3.68. The van der Waals surface area contributed by atoms with E-state index in [1.807, 2.05) is 20.0 Å². The Morgan fingerprint density at radius 1 is 1.37 bits per heavy atom. The van der Waals surface area contributed by atoms with Crippen LogP contribution in [-0.2, 0) is 4.74 Å². The van der Waals surface area contributed by atoms with Crippen LogP contribution in [0.15, 0.2) is 47.7 Å². The van der Waals surface area contributed by atoms with Gasteiger partial charge in [-0.05, 0) is 88.2 Å². The second-order valence-corrected chi connectivity index (χ2v) is 8.66. The number of aromatic amines is 1. The van der Waals surface area contributed by atoms with Crippen molar-refractivity contribution in [2.75, 3.05) is 40.3 Å². The van der Waals surface area contributed by atoms with Crippen LogP contribution in [0.1, 0.15) is 42.5 Å². The second kappa shape index (κ2) is 10.3. The van der Waals surface area contributed by atoms with Gasteiger partial charge >= 0.3 is 0 Å². The van der Waals surface area contributed by atoms with Crippen LogP contribution in [0.25, 0.3) is 16.5 Å². The molecule has 162 valence electrons. The smallest absolute Gasteiger partial charge is 0.127 e. The molecule has 2 N–H and O–H groups in total. The number of aryl methyl sites for hydroxylation is 1. The van der Waals surface area contributed by atoms with Gasteiger partial charge < -0.3 is 19.9 Å². The topological polar surface area (TPSA) is 40.3 Å². The molecule has 2 aromatic rings. The molecule has 0 saturated carbocycles. The summed E-state index contributed by atoms with van der Waals surface area (Å²) in [5.41, 5.74) is 5.73. The number of benzene rings is 1. The van der Waals surface area contributed by atoms with Crippen LogP contribution in [0.5, 0.6) is 0 Å². The molecule has 0 bridgehead atoms. The molecule has 1 aliphatic rings. The summed E-state index contributed by atoms with van der Waals surface area (Å²) in [5.74, 6) is 1.33. The molecular formula is C25H34ClN3O. The van der Waals surface area contributed by atoms with Crippen molar-refractivity contribution in [3.63, 3.8) is 0 Å². The van der Waals surface area contributed by atoms with E-state index >= 15 is 0 Å². The Bertz CT molecular complexity index is 945. The van der Waals surface area contributed by atoms with Crippen LogP contribution in [0.3, 0.4) is 0 Å². The quantitative estimate of drug-likeness (QED) is 0.428. The Labute approximate surface area is 185 Å². The van der Waals surface area contributed by atoms with Crippen molar-refractivity contribution in [1.29, 1.82) is 0 Å². The maximum Gasteiger partial charge on any atom is 0.127 e. The molecule has 0 atom stereocenters. The number of likely N-dealkylation sites (N-methyl/N-ethyl adjacent to an activating group) is 1. The molecule has 1 fully saturated rings. The van der Waals surface area contributed by atoms with Crippen molar-refractivity contribution in [2.45, 2.75) is 32.6 Å². The third kappa shape index (κ3) is 5.00. The summed E-state index contributed by atoms with van der Waals surface area (Å²) in [6.45, 7) is 12.5. The number of H-pyrrole nitrogens is 1. The number of halogens is 1. The number of allylic oxidation sites excluding steroid dienone is 4. The number of hydrogen-bond acceptors (Lipinski definition) is 3. The lowest BCUT2D eigenvalue weighted by atomic mass is 9.88. The Morgan fingerprint density at radius 3 is 2.70 bits per heavy atom. The first-order chi connectivity index (χ1) is 14.5. The zero-order valence-electron chi connectivity index (χ0n) is 18.6. The Morgan fingerprint density at radius 2 is 2.10 bits per heavy atom. The standard InChI is InChI=1S/C25H34ClN3O/c1-6-24(30-5)22(15-17(2)26)25-18(3)21-16-20(7-8-23(21)28-25)19-9-12-29(13-10-19)14-11-27-4/h6-8,15-16,19,27-28H,1,9-14H2,2-5H3/b17-15+,24-22-. The number of piperidine rings is 1. The van der Waals surface area contributed by atoms with Gasteiger partial charge in [-0.1, -0.05) is 24.2 Å². The lowest BCUT2D eigenvalue weighted by Gasteiger charge is -2.32. The molecule has 4 nitrogen and oxygen atoms in total. The van der Waals surface area contributed by atoms with Crippen molar-refractivity contribution in [3.8, 4) is 0 Å². The molecule has 0 radical (unpaired) electrons. The molecule has 5 heteroatoms. The number of aromatic nitrogens is 1. The van der Waals surface area contributed by atoms with Gasteiger partial charge in [0, 0.05) is 34.6 Å². The third-order valence-corrected chi connectivity index (χ3v) is 6.21. The van der Waals surface area contributed by atoms with Crippen LogP contribution in [0.4, 0.5) is 0 Å². The van der Waals surface area contributed by atoms with Gasteiger partial charge in [0.2, 0.25) is 0 Å². The Hall–Kier alpha value is -2.01. The van der Waals surface area contributed by atoms with Gasteiger partial charge in [-0.2, -0.15) is 0 Å². The van der Waals surface area contributed by atoms with Crippen LogP contribution < -0.4 is 5.32 Å². The van der Waals surface area contributed by atoms with Gasteiger partial charge in [0.1, 0.15) is 5.76 Å². The number of methoxy groups -OCH3 is 1. The summed E-state index contributed by atoms with van der Waals surface area (Å²) in [4.78, 5) is 6.13. The van der Waals surface area contributed by atoms with E-state index in [1.54, 1.807) is 13.2 Å². The molecule has 1 aliphatic heterocycles. The molecular weight excluding hydrogens is 394 g/mol. The lowest BCUT2D eigenvalue weighted by molar-refractivity contribution is 0.214. The van der Waals surface area contributed by atoms with Crippen molar-refractivity contribution in [2.24, 2.45) is 0 Å². The average molecular weight is 428 g/mol. The van der Waals surface area contributed by atoms with Crippen LogP contribution >= 0.6 is 11.6 Å². The van der Waals surface area contributed by atoms with E-state index < -0.39 is 0 Å². The summed E-state index contributed by atoms with van der Waals surface area (Å²) in [5, 5.41) is 5.21. The predicted octanol–water partition coefficient (Wildman–Crippen LogP) is 5.56. The predicted molar refractivity (Wildman–Crippen MR) is 129 cm³/mol. The maximum atomic E-state index is 6.22. The fourth-order valence-corrected chi connectivity index (χ4v) is 4.51. The fraction of sp³-hybridized carbons (Fsp3) is 0.440. The first-order valence-corrected chi connectivity index (χ1v) is 11.1. The van der Waals surface area contributed by atoms with Crippen LogP contribution in [0, 0.1) is 6.92 Å². The monoisotopic (exact) mass is 427 g/mol. The number of likely N-dealkylation sites (tertiary alicyclic amines) is 1. The summed E-state index contributed by atoms with van der Waals surface area (Å²) >= 11 is 6.22. The lowest BCUT2D eigenvalue weighted by Crippen LogP contribution is -2.37. The first-order valence-electron chi connectivity index (χ1n) is 10.7. The Kier molecular flexibility index (Phi) is 7.81. The molecule has 0 amide bonds. The normalized spacial score (nSPS) is 17.3. The molecule has 0 spiro atoms. The fourth-order valence-electron chi connectivity index (χ4n) is 4.40. The molecule has 30 heavy (non-hydrogen) atoms. The van der Waals surface area contributed by atoms with E-state index in [0.717, 1.165) is 29.9 Å². The largest absolute Gasteiger partial charge is 0.496 e. The third-order valence-electron chi connectivity index (χ3n) is 6.10. The van der Waals surface area contributed by atoms with Crippen molar-refractivity contribution in [3.05, 3.63) is 64.5 Å². The minimum Gasteiger partial charge on any atom is -0.496 e. The zero-order valence-corrected chi connectivity index (χ0v) is 19.4. The van der Waals surface area contributed by atoms with E-state index in [4.69, 9.17) is 16.3 Å². The van der Waals surface area contributed by atoms with E-state index in [9.17, 15) is 0 Å². The zero-order chi connectivity index (χ0) is 21.7. The molecule has 1 aromatic carbocycles. The SMILES string of the molecule is C=C/C(OC)=C(\C=C(/C)Cl)c1[nH]c2ccc(C3CCN(CCNC)CC3)cc2c1C. The van der Waals surface area contributed by atoms with E-state index in [-0.39, 0.29) is 0 Å². The van der Waals surface area contributed by atoms with Gasteiger partial charge in [0.25, 0.3) is 0 Å². The highest BCUT2D eigenvalue weighted by Gasteiger charge is 2.21. The van der Waals surface area contributed by atoms with Crippen molar-refractivity contribution >= 4 is 28.1 Å². The number of nitrogens with one attached hydrogen (secondary N) is 2. The van der Waals surface area contributed by atoms with Gasteiger partial charge in [-0.15, -0.1) is 0 Å². The molecule has 0 unspecified atom stereocenters. The van der Waals surface area contributed by atoms with Gasteiger partial charge in [-0.25, -0.2) is 0 Å². The van der Waals surface area contributed by atoms with E-state index in [1.165, 1.54) is 42.4 Å². The van der Waals surface area contributed by atoms with Crippen molar-refractivity contribution < 1.29 is 4.74 Å². The molecule has 2 heterocycles. The summed E-state index contributed by atoms with van der Waals surface area (Å²) in [6, 6.07) is 6.87. The first kappa shape index (κ1) is 22.7. The molecule has 0 aliphatic carbocycles. The highest BCUT2D eigenvalue weighted by Crippen LogP contribution is 2.35. The highest BCUT2D eigenvalue weighted by molar-refractivity contribution is 6.30. The number of hydrogen-bond donors (Lipinski definition) is 2. The van der Waals surface area contributed by atoms with Crippen LogP contribution in [-0.4, -0.2) is 50.2 Å². The van der Waals surface area contributed by atoms with Gasteiger partial charge in [-0.3, -0.25) is 0 Å². The number of fused-ring (bicyclic) bond motifs is 1. The maximum absolute atomic E-state index is 6.22. The molecule has 1 aromatic heterocycles. The summed E-state index contributed by atoms with van der Waals surface area (Å²) < 4.78 is 5.55. The average Bonchev–Trinajstić information content (AvgIpc) is 3.08. The minimum atomic E-state index is 0.626. The molecule has 1 saturated heterocycles. The number of nitrogens with zero attached hydrogens (tertiary/aromatic N) is 1. The van der Waals surface area contributed by atoms with Crippen LogP contribution in [0.2, 0.25) is 0 Å². The van der Waals surface area contributed by atoms with Gasteiger partial charge in [0.05, 0.1) is 12.8 Å². The second-order valence-electron chi connectivity index (χ2n) is 8.07. The highest BCUT2D eigenvalue weighted by atomic mass is 35.5. The van der Waals surface area contributed by atoms with E-state index in [2.05, 4.69) is 46.9 Å². The Balaban J connectivity index is 1.92. The number of rotatable bonds is 8. The van der Waals surface area contributed by atoms with Crippen molar-refractivity contribution in [1.82, 2.24) is 15.2 Å². The molecule has 3 rings (SSSR count).